The van der Waals surface area contributed by atoms with Crippen LogP contribution in [0.2, 0.25) is 0 Å². The number of benzene rings is 1. The minimum Gasteiger partial charge on any atom is -0.309 e. The summed E-state index contributed by atoms with van der Waals surface area (Å²) in [5.41, 5.74) is 0. The lowest BCUT2D eigenvalue weighted by molar-refractivity contribution is 0.275. The number of hydrogen-bond donors (Lipinski definition) is 0. The first-order chi connectivity index (χ1) is 7.46. The summed E-state index contributed by atoms with van der Waals surface area (Å²) in [4.78, 5) is 8.98. The van der Waals surface area contributed by atoms with Gasteiger partial charge < -0.3 is 9.05 Å². The summed E-state index contributed by atoms with van der Waals surface area (Å²) in [6, 6.07) is 8.86. The van der Waals surface area contributed by atoms with E-state index < -0.39 is 12.3 Å². The maximum Gasteiger partial charge on any atom is 0.360 e. The van der Waals surface area contributed by atoms with Gasteiger partial charge in [-0.1, -0.05) is 18.2 Å². The molecule has 0 aliphatic rings. The second-order valence-corrected chi connectivity index (χ2v) is 5.55. The third kappa shape index (κ3) is 5.64. The topological polar surface area (TPSA) is 52.6 Å². The first-order valence-electron chi connectivity index (χ1n) is 4.08. The van der Waals surface area contributed by atoms with Gasteiger partial charge in [0.05, 0.1) is 5.30 Å². The van der Waals surface area contributed by atoms with Gasteiger partial charge in [0.25, 0.3) is 0 Å². The highest BCUT2D eigenvalue weighted by atomic mass is 35.5. The molecule has 0 atom stereocenters. The van der Waals surface area contributed by atoms with Crippen molar-refractivity contribution in [1.29, 1.82) is 0 Å². The average molecular weight is 285 g/mol. The Labute approximate surface area is 104 Å². The van der Waals surface area contributed by atoms with Crippen LogP contribution < -0.4 is 5.30 Å². The zero-order chi connectivity index (χ0) is 12.6. The van der Waals surface area contributed by atoms with E-state index >= 15 is 0 Å². The molecule has 0 saturated carbocycles. The molecule has 1 rings (SSSR count). The van der Waals surface area contributed by atoms with Crippen LogP contribution in [0.3, 0.4) is 0 Å². The van der Waals surface area contributed by atoms with Crippen molar-refractivity contribution in [2.45, 2.75) is 0 Å². The summed E-state index contributed by atoms with van der Waals surface area (Å²) in [6.45, 7) is 0. The molecule has 1 aromatic carbocycles. The van der Waals surface area contributed by atoms with Gasteiger partial charge in [-0.15, -0.1) is 0 Å². The van der Waals surface area contributed by atoms with Crippen LogP contribution >= 0.6 is 30.8 Å². The van der Waals surface area contributed by atoms with Crippen molar-refractivity contribution in [2.24, 2.45) is 0 Å². The van der Waals surface area contributed by atoms with Crippen molar-refractivity contribution in [3.63, 3.8) is 0 Å². The number of hydrogen-bond acceptors (Lipinski definition) is 4. The number of halogens is 2. The van der Waals surface area contributed by atoms with Crippen LogP contribution in [-0.2, 0) is 13.6 Å². The minimum absolute atomic E-state index is 0.579. The molecule has 7 heteroatoms. The molecule has 0 aromatic heterocycles. The van der Waals surface area contributed by atoms with E-state index in [1.54, 1.807) is 24.3 Å². The van der Waals surface area contributed by atoms with Gasteiger partial charge in [0.2, 0.25) is 0 Å². The Bertz CT molecular complexity index is 357. The molecule has 0 spiro atoms. The largest absolute Gasteiger partial charge is 0.360 e. The normalized spacial score (nSPS) is 10.2. The third-order valence-electron chi connectivity index (χ3n) is 1.55. The SMILES string of the molecule is COP(=O)(OC)c1ccccc1.O=C(Cl)Cl. The average Bonchev–Trinajstić information content (AvgIpc) is 2.28. The lowest BCUT2D eigenvalue weighted by Gasteiger charge is -2.12. The van der Waals surface area contributed by atoms with Crippen LogP contribution in [0.15, 0.2) is 30.3 Å². The highest BCUT2D eigenvalue weighted by molar-refractivity contribution is 7.62. The van der Waals surface area contributed by atoms with E-state index in [2.05, 4.69) is 23.2 Å². The Balaban J connectivity index is 0.000000487. The fourth-order valence-electron chi connectivity index (χ4n) is 0.896. The Hall–Kier alpha value is -0.380. The van der Waals surface area contributed by atoms with Gasteiger partial charge in [0.1, 0.15) is 0 Å². The smallest absolute Gasteiger partial charge is 0.309 e. The summed E-state index contributed by atoms with van der Waals surface area (Å²) in [6.07, 6.45) is 0. The van der Waals surface area contributed by atoms with Crippen LogP contribution in [0.4, 0.5) is 4.79 Å². The van der Waals surface area contributed by atoms with Gasteiger partial charge in [0, 0.05) is 14.2 Å². The lowest BCUT2D eigenvalue weighted by atomic mass is 10.4. The van der Waals surface area contributed by atoms with Gasteiger partial charge in [-0.2, -0.15) is 0 Å². The van der Waals surface area contributed by atoms with E-state index in [0.29, 0.717) is 5.30 Å². The summed E-state index contributed by atoms with van der Waals surface area (Å²) >= 11 is 8.80. The zero-order valence-corrected chi connectivity index (χ0v) is 11.1. The maximum absolute atomic E-state index is 11.7. The molecular formula is C9H11Cl2O4P. The molecule has 0 aliphatic carbocycles. The first-order valence-corrected chi connectivity index (χ1v) is 6.38. The van der Waals surface area contributed by atoms with Gasteiger partial charge >= 0.3 is 12.3 Å². The van der Waals surface area contributed by atoms with E-state index in [0.717, 1.165) is 0 Å². The third-order valence-corrected chi connectivity index (χ3v) is 3.45. The fraction of sp³-hybridized carbons (Fsp3) is 0.222. The van der Waals surface area contributed by atoms with Crippen molar-refractivity contribution >= 4 is 40.8 Å². The molecule has 0 bridgehead atoms. The standard InChI is InChI=1S/C8H11O3P.CCl2O/c1-10-12(9,11-2)8-6-4-3-5-7-8;2-1(3)4/h3-7H,1-2H3;. The van der Waals surface area contributed by atoms with Crippen LogP contribution in [0.5, 0.6) is 0 Å². The second kappa shape index (κ2) is 7.82. The molecule has 16 heavy (non-hydrogen) atoms. The van der Waals surface area contributed by atoms with Crippen molar-refractivity contribution in [2.75, 3.05) is 14.2 Å². The first kappa shape index (κ1) is 15.6. The molecule has 4 nitrogen and oxygen atoms in total. The Morgan fingerprint density at radius 2 is 1.50 bits per heavy atom. The molecule has 1 aromatic rings. The van der Waals surface area contributed by atoms with Crippen LogP contribution in [-0.4, -0.2) is 18.9 Å². The minimum atomic E-state index is -3.03. The highest BCUT2D eigenvalue weighted by Crippen LogP contribution is 2.44. The molecule has 0 radical (unpaired) electrons. The molecule has 0 unspecified atom stereocenters. The van der Waals surface area contributed by atoms with E-state index in [4.69, 9.17) is 13.8 Å². The van der Waals surface area contributed by atoms with E-state index in [-0.39, 0.29) is 0 Å². The van der Waals surface area contributed by atoms with E-state index in [9.17, 15) is 4.57 Å². The molecule has 90 valence electrons. The molecule has 0 amide bonds. The maximum atomic E-state index is 11.7. The zero-order valence-electron chi connectivity index (χ0n) is 8.72. The molecule has 0 N–H and O–H groups in total. The highest BCUT2D eigenvalue weighted by Gasteiger charge is 2.23. The predicted octanol–water partition coefficient (Wildman–Crippen LogP) is 3.38. The van der Waals surface area contributed by atoms with Gasteiger partial charge in [0.15, 0.2) is 0 Å². The van der Waals surface area contributed by atoms with Crippen molar-refractivity contribution in [1.82, 2.24) is 0 Å². The van der Waals surface area contributed by atoms with Crippen LogP contribution in [0, 0.1) is 0 Å². The monoisotopic (exact) mass is 284 g/mol. The Morgan fingerprint density at radius 3 is 1.81 bits per heavy atom. The van der Waals surface area contributed by atoms with Gasteiger partial charge in [-0.05, 0) is 35.3 Å². The van der Waals surface area contributed by atoms with E-state index in [1.165, 1.54) is 14.2 Å². The molecule has 0 aliphatic heterocycles. The molecule has 0 heterocycles. The molecule has 0 fully saturated rings. The predicted molar refractivity (Wildman–Crippen MR) is 64.8 cm³/mol. The Morgan fingerprint density at radius 1 is 1.12 bits per heavy atom. The van der Waals surface area contributed by atoms with Crippen LogP contribution in [0.1, 0.15) is 0 Å². The lowest BCUT2D eigenvalue weighted by Crippen LogP contribution is -2.06. The molecular weight excluding hydrogens is 274 g/mol. The van der Waals surface area contributed by atoms with Gasteiger partial charge in [-0.25, -0.2) is 0 Å². The van der Waals surface area contributed by atoms with Crippen molar-refractivity contribution < 1.29 is 18.4 Å². The Kier molecular flexibility index (Phi) is 7.64. The van der Waals surface area contributed by atoms with Crippen molar-refractivity contribution in [3.05, 3.63) is 30.3 Å². The summed E-state index contributed by atoms with van der Waals surface area (Å²) in [5, 5.41) is 0.579. The van der Waals surface area contributed by atoms with E-state index in [1.807, 2.05) is 6.07 Å². The molecule has 0 saturated heterocycles. The van der Waals surface area contributed by atoms with Gasteiger partial charge in [-0.3, -0.25) is 9.36 Å². The summed E-state index contributed by atoms with van der Waals surface area (Å²) in [5.74, 6) is 0. The number of carbonyl (C=O) groups is 1. The van der Waals surface area contributed by atoms with Crippen LogP contribution in [0.25, 0.3) is 0 Å². The summed E-state index contributed by atoms with van der Waals surface area (Å²) in [7, 11) is -0.289. The number of carbonyl (C=O) groups excluding carboxylic acids is 1. The number of rotatable bonds is 3. The quantitative estimate of drug-likeness (QED) is 0.631. The van der Waals surface area contributed by atoms with Crippen molar-refractivity contribution in [3.8, 4) is 0 Å². The fourth-order valence-corrected chi connectivity index (χ4v) is 2.00. The summed E-state index contributed by atoms with van der Waals surface area (Å²) < 4.78 is 20.4. The second-order valence-electron chi connectivity index (χ2n) is 2.42.